The molecule has 2 N–H and O–H groups in total. The van der Waals surface area contributed by atoms with Gasteiger partial charge in [0.15, 0.2) is 0 Å². The van der Waals surface area contributed by atoms with Crippen LogP contribution in [-0.4, -0.2) is 39.9 Å². The van der Waals surface area contributed by atoms with Crippen LogP contribution >= 0.6 is 0 Å². The Hall–Kier alpha value is -0.770. The minimum Gasteiger partial charge on any atom is -0.465 e. The molecule has 1 amide bonds. The zero-order valence-corrected chi connectivity index (χ0v) is 8.44. The summed E-state index contributed by atoms with van der Waals surface area (Å²) in [4.78, 5) is 12.3. The molecule has 2 fully saturated rings. The van der Waals surface area contributed by atoms with E-state index < -0.39 is 6.09 Å². The van der Waals surface area contributed by atoms with Crippen LogP contribution in [0.2, 0.25) is 0 Å². The fourth-order valence-corrected chi connectivity index (χ4v) is 3.20. The molecular weight excluding hydrogens is 182 g/mol. The number of rotatable bonds is 1. The quantitative estimate of drug-likeness (QED) is 0.669. The van der Waals surface area contributed by atoms with E-state index in [0.29, 0.717) is 6.54 Å². The van der Waals surface area contributed by atoms with Crippen molar-refractivity contribution in [3.63, 3.8) is 0 Å². The molecule has 4 nitrogen and oxygen atoms in total. The van der Waals surface area contributed by atoms with E-state index in [1.54, 1.807) is 0 Å². The summed E-state index contributed by atoms with van der Waals surface area (Å²) in [7, 11) is 0. The van der Waals surface area contributed by atoms with Crippen LogP contribution in [0.15, 0.2) is 0 Å². The predicted molar refractivity (Wildman–Crippen MR) is 51.1 cm³/mol. The van der Waals surface area contributed by atoms with Gasteiger partial charge >= 0.3 is 6.09 Å². The molecule has 1 heterocycles. The Morgan fingerprint density at radius 3 is 2.79 bits per heavy atom. The Morgan fingerprint density at radius 2 is 2.36 bits per heavy atom. The first-order valence-electron chi connectivity index (χ1n) is 5.27. The highest BCUT2D eigenvalue weighted by molar-refractivity contribution is 5.67. The highest BCUT2D eigenvalue weighted by atomic mass is 16.4. The Balaban J connectivity index is 2.07. The molecule has 2 aliphatic rings. The number of hydrogen-bond donors (Lipinski definition) is 2. The topological polar surface area (TPSA) is 60.8 Å². The van der Waals surface area contributed by atoms with E-state index >= 15 is 0 Å². The molecule has 0 radical (unpaired) electrons. The van der Waals surface area contributed by atoms with E-state index in [4.69, 9.17) is 5.11 Å². The summed E-state index contributed by atoms with van der Waals surface area (Å²) in [5.41, 5.74) is 0.104. The average molecular weight is 199 g/mol. The lowest BCUT2D eigenvalue weighted by Gasteiger charge is -2.54. The van der Waals surface area contributed by atoms with Crippen molar-refractivity contribution in [2.75, 3.05) is 6.54 Å². The molecule has 14 heavy (non-hydrogen) atoms. The smallest absolute Gasteiger partial charge is 0.407 e. The molecule has 2 unspecified atom stereocenters. The van der Waals surface area contributed by atoms with E-state index in [9.17, 15) is 9.90 Å². The highest BCUT2D eigenvalue weighted by Crippen LogP contribution is 2.51. The molecule has 0 bridgehead atoms. The molecule has 1 aliphatic carbocycles. The third-order valence-corrected chi connectivity index (χ3v) is 3.82. The first-order valence-corrected chi connectivity index (χ1v) is 5.27. The van der Waals surface area contributed by atoms with Gasteiger partial charge in [0.05, 0.1) is 6.10 Å². The van der Waals surface area contributed by atoms with E-state index in [1.165, 1.54) is 4.90 Å². The minimum absolute atomic E-state index is 0.104. The van der Waals surface area contributed by atoms with Crippen LogP contribution in [0, 0.1) is 5.41 Å². The number of carboxylic acid groups (broad SMARTS) is 1. The number of aliphatic hydroxyl groups excluding tert-OH is 1. The molecule has 3 atom stereocenters. The Bertz CT molecular complexity index is 256. The number of aliphatic hydroxyl groups is 1. The van der Waals surface area contributed by atoms with Gasteiger partial charge in [0.1, 0.15) is 0 Å². The minimum atomic E-state index is -0.816. The molecule has 0 aromatic rings. The van der Waals surface area contributed by atoms with Gasteiger partial charge in [0, 0.05) is 18.0 Å². The van der Waals surface area contributed by atoms with Gasteiger partial charge in [-0.2, -0.15) is 0 Å². The van der Waals surface area contributed by atoms with Crippen LogP contribution in [0.25, 0.3) is 0 Å². The lowest BCUT2D eigenvalue weighted by Crippen LogP contribution is -2.65. The first-order chi connectivity index (χ1) is 6.59. The molecule has 0 aromatic carbocycles. The number of hydrogen-bond acceptors (Lipinski definition) is 2. The third kappa shape index (κ3) is 1.21. The molecule has 80 valence electrons. The Morgan fingerprint density at radius 1 is 1.64 bits per heavy atom. The number of nitrogens with zero attached hydrogens (tertiary/aromatic N) is 1. The molecule has 1 saturated carbocycles. The second kappa shape index (κ2) is 3.12. The zero-order chi connectivity index (χ0) is 10.3. The van der Waals surface area contributed by atoms with Crippen molar-refractivity contribution in [2.24, 2.45) is 5.41 Å². The van der Waals surface area contributed by atoms with Gasteiger partial charge in [0.2, 0.25) is 0 Å². The molecule has 0 aromatic heterocycles. The third-order valence-electron chi connectivity index (χ3n) is 3.82. The van der Waals surface area contributed by atoms with Crippen molar-refractivity contribution >= 4 is 6.09 Å². The van der Waals surface area contributed by atoms with Crippen molar-refractivity contribution in [3.05, 3.63) is 0 Å². The van der Waals surface area contributed by atoms with Gasteiger partial charge in [-0.15, -0.1) is 0 Å². The maximum absolute atomic E-state index is 10.8. The molecule has 1 spiro atoms. The van der Waals surface area contributed by atoms with E-state index in [2.05, 4.69) is 0 Å². The number of amides is 1. The molecule has 4 heteroatoms. The summed E-state index contributed by atoms with van der Waals surface area (Å²) in [5.74, 6) is 0. The SMILES string of the molecule is CCC1N(C(=O)O)CC12CC[C@H](O)C2. The summed E-state index contributed by atoms with van der Waals surface area (Å²) >= 11 is 0. The van der Waals surface area contributed by atoms with Crippen molar-refractivity contribution in [1.29, 1.82) is 0 Å². The van der Waals surface area contributed by atoms with Crippen molar-refractivity contribution in [1.82, 2.24) is 4.90 Å². The highest BCUT2D eigenvalue weighted by Gasteiger charge is 2.56. The molecule has 1 aliphatic heterocycles. The zero-order valence-electron chi connectivity index (χ0n) is 8.44. The fraction of sp³-hybridized carbons (Fsp3) is 0.900. The summed E-state index contributed by atoms with van der Waals surface area (Å²) in [6.45, 7) is 2.64. The maximum Gasteiger partial charge on any atom is 0.407 e. The molecule has 2 rings (SSSR count). The largest absolute Gasteiger partial charge is 0.465 e. The second-order valence-corrected chi connectivity index (χ2v) is 4.59. The van der Waals surface area contributed by atoms with Crippen molar-refractivity contribution < 1.29 is 15.0 Å². The predicted octanol–water partition coefficient (Wildman–Crippen LogP) is 1.29. The summed E-state index contributed by atoms with van der Waals surface area (Å²) < 4.78 is 0. The van der Waals surface area contributed by atoms with Crippen molar-refractivity contribution in [2.45, 2.75) is 44.8 Å². The number of likely N-dealkylation sites (tertiary alicyclic amines) is 1. The first kappa shape index (κ1) is 9.77. The molecular formula is C10H17NO3. The van der Waals surface area contributed by atoms with Crippen LogP contribution in [0.3, 0.4) is 0 Å². The van der Waals surface area contributed by atoms with Gasteiger partial charge < -0.3 is 15.1 Å². The average Bonchev–Trinajstić information content (AvgIpc) is 2.46. The van der Waals surface area contributed by atoms with Crippen LogP contribution < -0.4 is 0 Å². The lowest BCUT2D eigenvalue weighted by atomic mass is 9.69. The summed E-state index contributed by atoms with van der Waals surface area (Å²) in [5, 5.41) is 18.4. The van der Waals surface area contributed by atoms with Gasteiger partial charge in [-0.05, 0) is 25.7 Å². The lowest BCUT2D eigenvalue weighted by molar-refractivity contribution is -0.0600. The van der Waals surface area contributed by atoms with Crippen LogP contribution in [0.1, 0.15) is 32.6 Å². The van der Waals surface area contributed by atoms with Gasteiger partial charge in [0.25, 0.3) is 0 Å². The standard InChI is InChI=1S/C10H17NO3/c1-2-8-10(4-3-7(12)5-10)6-11(8)9(13)14/h7-8,12H,2-6H2,1H3,(H,13,14)/t7-,8?,10?/m0/s1. The Labute approximate surface area is 83.5 Å². The van der Waals surface area contributed by atoms with Gasteiger partial charge in [-0.25, -0.2) is 4.79 Å². The monoisotopic (exact) mass is 199 g/mol. The van der Waals surface area contributed by atoms with Crippen LogP contribution in [-0.2, 0) is 0 Å². The Kier molecular flexibility index (Phi) is 2.18. The molecule has 1 saturated heterocycles. The van der Waals surface area contributed by atoms with Crippen LogP contribution in [0.5, 0.6) is 0 Å². The van der Waals surface area contributed by atoms with E-state index in [-0.39, 0.29) is 17.6 Å². The maximum atomic E-state index is 10.8. The second-order valence-electron chi connectivity index (χ2n) is 4.59. The summed E-state index contributed by atoms with van der Waals surface area (Å²) in [6, 6.07) is 0.136. The van der Waals surface area contributed by atoms with Gasteiger partial charge in [-0.1, -0.05) is 6.92 Å². The van der Waals surface area contributed by atoms with Gasteiger partial charge in [-0.3, -0.25) is 0 Å². The fourth-order valence-electron chi connectivity index (χ4n) is 3.20. The van der Waals surface area contributed by atoms with E-state index in [1.807, 2.05) is 6.92 Å². The van der Waals surface area contributed by atoms with E-state index in [0.717, 1.165) is 25.7 Å². The summed E-state index contributed by atoms with van der Waals surface area (Å²) in [6.07, 6.45) is 2.44. The van der Waals surface area contributed by atoms with Crippen molar-refractivity contribution in [3.8, 4) is 0 Å². The number of carbonyl (C=O) groups is 1. The van der Waals surface area contributed by atoms with Crippen LogP contribution in [0.4, 0.5) is 4.79 Å². The normalized spacial score (nSPS) is 41.4.